The summed E-state index contributed by atoms with van der Waals surface area (Å²) in [6.45, 7) is 10.5. The number of para-hydroxylation sites is 2. The van der Waals surface area contributed by atoms with Crippen LogP contribution >= 0.6 is 23.4 Å². The summed E-state index contributed by atoms with van der Waals surface area (Å²) in [5, 5.41) is 10.0. The molecule has 3 aliphatic rings. The molecule has 0 radical (unpaired) electrons. The van der Waals surface area contributed by atoms with E-state index in [1.807, 2.05) is 36.4 Å². The third kappa shape index (κ3) is 4.80. The monoisotopic (exact) mass is 593 g/mol. The molecule has 3 aliphatic heterocycles. The van der Waals surface area contributed by atoms with Crippen LogP contribution in [0.2, 0.25) is 5.02 Å². The second-order valence-corrected chi connectivity index (χ2v) is 12.9. The van der Waals surface area contributed by atoms with Crippen molar-refractivity contribution >= 4 is 52.5 Å². The number of amides is 3. The van der Waals surface area contributed by atoms with E-state index in [0.29, 0.717) is 23.7 Å². The van der Waals surface area contributed by atoms with Crippen molar-refractivity contribution in [1.82, 2.24) is 4.90 Å². The number of aliphatic hydroxyl groups is 1. The van der Waals surface area contributed by atoms with Crippen LogP contribution in [0.4, 0.5) is 11.4 Å². The summed E-state index contributed by atoms with van der Waals surface area (Å²) in [4.78, 5) is 48.3. The van der Waals surface area contributed by atoms with E-state index >= 15 is 0 Å². The number of rotatable bonds is 11. The summed E-state index contributed by atoms with van der Waals surface area (Å²) < 4.78 is -0.786. The molecule has 2 aromatic rings. The number of aliphatic hydroxyl groups excluding tert-OH is 1. The van der Waals surface area contributed by atoms with Crippen LogP contribution in [0.15, 0.2) is 79.9 Å². The third-order valence-corrected chi connectivity index (χ3v) is 11.1. The van der Waals surface area contributed by atoms with E-state index in [1.54, 1.807) is 56.8 Å². The Balaban J connectivity index is 1.59. The van der Waals surface area contributed by atoms with Gasteiger partial charge in [0, 0.05) is 37.2 Å². The zero-order valence-electron chi connectivity index (χ0n) is 23.2. The van der Waals surface area contributed by atoms with E-state index in [-0.39, 0.29) is 48.6 Å². The number of likely N-dealkylation sites (tertiary alicyclic amines) is 1. The lowest BCUT2D eigenvalue weighted by molar-refractivity contribution is -0.139. The van der Waals surface area contributed by atoms with E-state index < -0.39 is 22.6 Å². The molecule has 3 unspecified atom stereocenters. The molecule has 1 spiro atoms. The predicted octanol–water partition coefficient (Wildman–Crippen LogP) is 4.80. The Labute approximate surface area is 250 Å². The summed E-state index contributed by atoms with van der Waals surface area (Å²) in [5.41, 5.74) is 1.30. The molecule has 0 saturated carbocycles. The molecule has 9 heteroatoms. The Hall–Kier alpha value is -3.07. The fraction of sp³-hybridized carbons (Fsp3) is 0.406. The van der Waals surface area contributed by atoms with Crippen molar-refractivity contribution in [1.29, 1.82) is 0 Å². The molecule has 3 amide bonds. The fourth-order valence-corrected chi connectivity index (χ4v) is 9.70. The number of hydrogen-bond donors (Lipinski definition) is 1. The Kier molecular flexibility index (Phi) is 8.64. The largest absolute Gasteiger partial charge is 0.396 e. The second-order valence-electron chi connectivity index (χ2n) is 10.9. The Morgan fingerprint density at radius 2 is 1.73 bits per heavy atom. The summed E-state index contributed by atoms with van der Waals surface area (Å²) in [6.07, 6.45) is 4.40. The maximum atomic E-state index is 14.7. The summed E-state index contributed by atoms with van der Waals surface area (Å²) >= 11 is 8.19. The van der Waals surface area contributed by atoms with Crippen LogP contribution in [0, 0.1) is 17.8 Å². The minimum absolute atomic E-state index is 0.0185. The highest BCUT2D eigenvalue weighted by molar-refractivity contribution is 8.02. The SMILES string of the molecule is C=CCN(C(=O)[C@@H]1[C@H]2C(=O)N(CCCO)C(C(=O)N(CC=C)c3ccccc3Cl)C23S[C@@H]1CC3C)c1ccccc1. The summed E-state index contributed by atoms with van der Waals surface area (Å²) in [5.74, 6) is -1.78. The fourth-order valence-electron chi connectivity index (χ4n) is 7.06. The van der Waals surface area contributed by atoms with Crippen molar-refractivity contribution in [3.05, 3.63) is 84.9 Å². The van der Waals surface area contributed by atoms with Gasteiger partial charge >= 0.3 is 0 Å². The van der Waals surface area contributed by atoms with Crippen LogP contribution in [0.1, 0.15) is 19.8 Å². The molecule has 7 nitrogen and oxygen atoms in total. The van der Waals surface area contributed by atoms with Crippen molar-refractivity contribution in [3.8, 4) is 0 Å². The number of benzene rings is 2. The minimum Gasteiger partial charge on any atom is -0.396 e. The van der Waals surface area contributed by atoms with E-state index in [4.69, 9.17) is 11.6 Å². The van der Waals surface area contributed by atoms with E-state index in [2.05, 4.69) is 20.1 Å². The lowest BCUT2D eigenvalue weighted by Crippen LogP contribution is -2.57. The lowest BCUT2D eigenvalue weighted by Gasteiger charge is -2.41. The van der Waals surface area contributed by atoms with Gasteiger partial charge in [-0.3, -0.25) is 14.4 Å². The normalized spacial score (nSPS) is 27.9. The summed E-state index contributed by atoms with van der Waals surface area (Å²) in [7, 11) is 0. The van der Waals surface area contributed by atoms with Gasteiger partial charge in [-0.1, -0.05) is 61.0 Å². The first-order chi connectivity index (χ1) is 19.8. The van der Waals surface area contributed by atoms with Gasteiger partial charge in [0.05, 0.1) is 27.3 Å². The average molecular weight is 594 g/mol. The number of fused-ring (bicyclic) bond motifs is 1. The number of nitrogens with zero attached hydrogens (tertiary/aromatic N) is 3. The molecule has 3 saturated heterocycles. The van der Waals surface area contributed by atoms with Gasteiger partial charge in [0.15, 0.2) is 0 Å². The Morgan fingerprint density at radius 3 is 2.39 bits per heavy atom. The number of carbonyl (C=O) groups excluding carboxylic acids is 3. The first-order valence-electron chi connectivity index (χ1n) is 14.0. The zero-order valence-corrected chi connectivity index (χ0v) is 24.8. The standard InChI is InChI=1S/C32H36ClN3O4S/c1-4-16-34(22-12-7-6-8-13-22)29(38)26-25-20-21(3)32(41-25)27(26)30(39)36(18-11-19-37)28(32)31(40)35(17-5-2)24-15-10-9-14-23(24)33/h4-10,12-15,21,25-28,37H,1-2,11,16-20H2,3H3/t21?,25-,26+,27+,28?,32?/m1/s1. The van der Waals surface area contributed by atoms with Crippen molar-refractivity contribution in [2.45, 2.75) is 35.8 Å². The van der Waals surface area contributed by atoms with E-state index in [9.17, 15) is 19.5 Å². The minimum atomic E-state index is -0.810. The molecule has 216 valence electrons. The molecule has 2 aromatic carbocycles. The molecule has 0 aromatic heterocycles. The van der Waals surface area contributed by atoms with Crippen LogP contribution in [-0.4, -0.2) is 70.0 Å². The molecule has 3 heterocycles. The molecule has 0 aliphatic carbocycles. The van der Waals surface area contributed by atoms with Crippen molar-refractivity contribution in [2.24, 2.45) is 17.8 Å². The summed E-state index contributed by atoms with van der Waals surface area (Å²) in [6, 6.07) is 15.8. The number of anilines is 2. The highest BCUT2D eigenvalue weighted by atomic mass is 35.5. The first kappa shape index (κ1) is 29.4. The number of carbonyl (C=O) groups is 3. The Morgan fingerprint density at radius 1 is 1.07 bits per heavy atom. The number of thioether (sulfide) groups is 1. The molecular formula is C32H36ClN3O4S. The van der Waals surface area contributed by atoms with Crippen LogP contribution in [0.3, 0.4) is 0 Å². The van der Waals surface area contributed by atoms with Gasteiger partial charge in [-0.2, -0.15) is 0 Å². The maximum Gasteiger partial charge on any atom is 0.251 e. The zero-order chi connectivity index (χ0) is 29.3. The van der Waals surface area contributed by atoms with Crippen molar-refractivity contribution < 1.29 is 19.5 Å². The number of halogens is 1. The topological polar surface area (TPSA) is 81.2 Å². The third-order valence-electron chi connectivity index (χ3n) is 8.69. The van der Waals surface area contributed by atoms with E-state index in [0.717, 1.165) is 12.1 Å². The van der Waals surface area contributed by atoms with E-state index in [1.165, 1.54) is 0 Å². The quantitative estimate of drug-likeness (QED) is 0.379. The molecule has 2 bridgehead atoms. The second kappa shape index (κ2) is 12.0. The predicted molar refractivity (Wildman–Crippen MR) is 165 cm³/mol. The molecule has 6 atom stereocenters. The van der Waals surface area contributed by atoms with Gasteiger partial charge in [-0.05, 0) is 43.0 Å². The van der Waals surface area contributed by atoms with Gasteiger partial charge in [-0.25, -0.2) is 0 Å². The van der Waals surface area contributed by atoms with Crippen molar-refractivity contribution in [3.63, 3.8) is 0 Å². The molecule has 1 N–H and O–H groups in total. The van der Waals surface area contributed by atoms with Gasteiger partial charge < -0.3 is 19.8 Å². The number of hydrogen-bond acceptors (Lipinski definition) is 5. The molecular weight excluding hydrogens is 558 g/mol. The molecule has 3 fully saturated rings. The van der Waals surface area contributed by atoms with Crippen LogP contribution in [-0.2, 0) is 14.4 Å². The first-order valence-corrected chi connectivity index (χ1v) is 15.3. The smallest absolute Gasteiger partial charge is 0.251 e. The maximum absolute atomic E-state index is 14.7. The van der Waals surface area contributed by atoms with Gasteiger partial charge in [0.25, 0.3) is 5.91 Å². The van der Waals surface area contributed by atoms with Crippen LogP contribution < -0.4 is 9.80 Å². The molecule has 41 heavy (non-hydrogen) atoms. The van der Waals surface area contributed by atoms with Gasteiger partial charge in [0.2, 0.25) is 11.8 Å². The highest BCUT2D eigenvalue weighted by Crippen LogP contribution is 2.69. The molecule has 5 rings (SSSR count). The average Bonchev–Trinajstić information content (AvgIpc) is 3.57. The van der Waals surface area contributed by atoms with Crippen LogP contribution in [0.25, 0.3) is 0 Å². The van der Waals surface area contributed by atoms with Crippen molar-refractivity contribution in [2.75, 3.05) is 36.0 Å². The highest BCUT2D eigenvalue weighted by Gasteiger charge is 2.76. The van der Waals surface area contributed by atoms with Crippen LogP contribution in [0.5, 0.6) is 0 Å². The lowest BCUT2D eigenvalue weighted by atomic mass is 9.65. The van der Waals surface area contributed by atoms with Gasteiger partial charge in [-0.15, -0.1) is 24.9 Å². The van der Waals surface area contributed by atoms with Gasteiger partial charge in [0.1, 0.15) is 6.04 Å². The Bertz CT molecular complexity index is 1340.